The van der Waals surface area contributed by atoms with Gasteiger partial charge >= 0.3 is 0 Å². The number of hydrogen-bond acceptors (Lipinski definition) is 4. The van der Waals surface area contributed by atoms with Gasteiger partial charge in [-0.2, -0.15) is 0 Å². The average molecular weight is 311 g/mol. The van der Waals surface area contributed by atoms with Crippen molar-refractivity contribution in [3.63, 3.8) is 0 Å². The smallest absolute Gasteiger partial charge is 0.242 e. The first-order valence-corrected chi connectivity index (χ1v) is 9.23. The van der Waals surface area contributed by atoms with Crippen molar-refractivity contribution in [2.75, 3.05) is 11.9 Å². The van der Waals surface area contributed by atoms with Crippen molar-refractivity contribution in [1.82, 2.24) is 9.71 Å². The molecule has 1 aromatic heterocycles. The average Bonchev–Trinajstić information content (AvgIpc) is 2.99. The number of rotatable bonds is 7. The Hall–Kier alpha value is -1.14. The van der Waals surface area contributed by atoms with Crippen molar-refractivity contribution < 1.29 is 8.42 Å². The first kappa shape index (κ1) is 16.2. The van der Waals surface area contributed by atoms with Gasteiger partial charge in [0.2, 0.25) is 10.0 Å². The molecule has 1 unspecified atom stereocenters. The minimum atomic E-state index is -3.47. The van der Waals surface area contributed by atoms with Gasteiger partial charge in [0.1, 0.15) is 10.7 Å². The predicted molar refractivity (Wildman–Crippen MR) is 84.8 cm³/mol. The molecule has 1 aromatic rings. The topological polar surface area (TPSA) is 71.1 Å². The SMILES string of the molecule is CCCNc1ccc(S(=O)(=O)NC(C)C2CCCC2)cn1. The number of pyridine rings is 1. The van der Waals surface area contributed by atoms with Crippen LogP contribution in [0.3, 0.4) is 0 Å². The van der Waals surface area contributed by atoms with Crippen LogP contribution in [-0.4, -0.2) is 26.0 Å². The summed E-state index contributed by atoms with van der Waals surface area (Å²) >= 11 is 0. The minimum absolute atomic E-state index is 0.0182. The summed E-state index contributed by atoms with van der Waals surface area (Å²) in [5.41, 5.74) is 0. The summed E-state index contributed by atoms with van der Waals surface area (Å²) in [7, 11) is -3.47. The lowest BCUT2D eigenvalue weighted by molar-refractivity contribution is 0.424. The Labute approximate surface area is 127 Å². The van der Waals surface area contributed by atoms with Crippen molar-refractivity contribution in [3.8, 4) is 0 Å². The van der Waals surface area contributed by atoms with Gasteiger partial charge in [0.15, 0.2) is 0 Å². The number of hydrogen-bond donors (Lipinski definition) is 2. The maximum Gasteiger partial charge on any atom is 0.242 e. The number of sulfonamides is 1. The van der Waals surface area contributed by atoms with E-state index in [1.807, 2.05) is 6.92 Å². The summed E-state index contributed by atoms with van der Waals surface area (Å²) in [5.74, 6) is 1.16. The molecular weight excluding hydrogens is 286 g/mol. The van der Waals surface area contributed by atoms with Gasteiger partial charge in [-0.1, -0.05) is 19.8 Å². The molecule has 2 N–H and O–H groups in total. The zero-order chi connectivity index (χ0) is 15.3. The van der Waals surface area contributed by atoms with E-state index in [0.717, 1.165) is 25.8 Å². The molecule has 1 saturated carbocycles. The predicted octanol–water partition coefficient (Wildman–Crippen LogP) is 2.76. The normalized spacial score (nSPS) is 17.8. The van der Waals surface area contributed by atoms with Crippen molar-refractivity contribution >= 4 is 15.8 Å². The second kappa shape index (κ2) is 7.22. The number of nitrogens with one attached hydrogen (secondary N) is 2. The van der Waals surface area contributed by atoms with Crippen LogP contribution in [0.15, 0.2) is 23.2 Å². The van der Waals surface area contributed by atoms with Gasteiger partial charge in [0.05, 0.1) is 0 Å². The third-order valence-electron chi connectivity index (χ3n) is 4.05. The summed E-state index contributed by atoms with van der Waals surface area (Å²) in [5, 5.41) is 3.13. The summed E-state index contributed by atoms with van der Waals surface area (Å²) in [6, 6.07) is 3.30. The lowest BCUT2D eigenvalue weighted by atomic mass is 10.0. The van der Waals surface area contributed by atoms with Crippen LogP contribution >= 0.6 is 0 Å². The zero-order valence-corrected chi connectivity index (χ0v) is 13.6. The molecule has 2 rings (SSSR count). The van der Waals surface area contributed by atoms with E-state index in [9.17, 15) is 8.42 Å². The molecule has 5 nitrogen and oxygen atoms in total. The van der Waals surface area contributed by atoms with Crippen LogP contribution in [0.5, 0.6) is 0 Å². The van der Waals surface area contributed by atoms with Gasteiger partial charge in [-0.3, -0.25) is 0 Å². The second-order valence-electron chi connectivity index (χ2n) is 5.76. The summed E-state index contributed by atoms with van der Waals surface area (Å²) < 4.78 is 27.5. The molecule has 0 aromatic carbocycles. The highest BCUT2D eigenvalue weighted by atomic mass is 32.2. The van der Waals surface area contributed by atoms with Crippen LogP contribution in [0.25, 0.3) is 0 Å². The number of anilines is 1. The second-order valence-corrected chi connectivity index (χ2v) is 7.47. The largest absolute Gasteiger partial charge is 0.370 e. The molecule has 1 aliphatic carbocycles. The van der Waals surface area contributed by atoms with Gasteiger partial charge in [-0.15, -0.1) is 0 Å². The van der Waals surface area contributed by atoms with Crippen LogP contribution in [0, 0.1) is 5.92 Å². The molecule has 0 amide bonds. The van der Waals surface area contributed by atoms with E-state index < -0.39 is 10.0 Å². The lowest BCUT2D eigenvalue weighted by Gasteiger charge is -2.20. The molecule has 0 radical (unpaired) electrons. The number of nitrogens with zero attached hydrogens (tertiary/aromatic N) is 1. The first-order valence-electron chi connectivity index (χ1n) is 7.75. The van der Waals surface area contributed by atoms with Gasteiger partial charge in [-0.05, 0) is 44.2 Å². The third-order valence-corrected chi connectivity index (χ3v) is 5.59. The van der Waals surface area contributed by atoms with E-state index in [0.29, 0.717) is 11.7 Å². The Kier molecular flexibility index (Phi) is 5.58. The maximum atomic E-state index is 12.4. The maximum absolute atomic E-state index is 12.4. The molecule has 1 fully saturated rings. The molecular formula is C15H25N3O2S. The van der Waals surface area contributed by atoms with Crippen LogP contribution in [0.2, 0.25) is 0 Å². The van der Waals surface area contributed by atoms with Crippen molar-refractivity contribution in [2.24, 2.45) is 5.92 Å². The molecule has 0 spiro atoms. The van der Waals surface area contributed by atoms with Gasteiger partial charge in [-0.25, -0.2) is 18.1 Å². The van der Waals surface area contributed by atoms with E-state index >= 15 is 0 Å². The van der Waals surface area contributed by atoms with E-state index in [2.05, 4.69) is 21.9 Å². The number of aromatic nitrogens is 1. The van der Waals surface area contributed by atoms with Crippen LogP contribution in [-0.2, 0) is 10.0 Å². The van der Waals surface area contributed by atoms with Crippen LogP contribution in [0.1, 0.15) is 46.0 Å². The highest BCUT2D eigenvalue weighted by molar-refractivity contribution is 7.89. The van der Waals surface area contributed by atoms with Crippen molar-refractivity contribution in [3.05, 3.63) is 18.3 Å². The highest BCUT2D eigenvalue weighted by Crippen LogP contribution is 2.28. The lowest BCUT2D eigenvalue weighted by Crippen LogP contribution is -2.37. The third kappa shape index (κ3) is 4.41. The Bertz CT molecular complexity index is 537. The molecule has 0 aliphatic heterocycles. The van der Waals surface area contributed by atoms with E-state index in [1.165, 1.54) is 19.0 Å². The van der Waals surface area contributed by atoms with E-state index in [-0.39, 0.29) is 10.9 Å². The monoisotopic (exact) mass is 311 g/mol. The molecule has 1 atom stereocenters. The van der Waals surface area contributed by atoms with Crippen molar-refractivity contribution in [1.29, 1.82) is 0 Å². The molecule has 0 bridgehead atoms. The molecule has 21 heavy (non-hydrogen) atoms. The standard InChI is InChI=1S/C15H25N3O2S/c1-3-10-16-15-9-8-14(11-17-15)21(19,20)18-12(2)13-6-4-5-7-13/h8-9,11-13,18H,3-7,10H2,1-2H3,(H,16,17). The fourth-order valence-corrected chi connectivity index (χ4v) is 4.02. The van der Waals surface area contributed by atoms with E-state index in [1.54, 1.807) is 12.1 Å². The Balaban J connectivity index is 2.01. The first-order chi connectivity index (χ1) is 10.0. The molecule has 6 heteroatoms. The molecule has 0 saturated heterocycles. The summed E-state index contributed by atoms with van der Waals surface area (Å²) in [6.45, 7) is 4.86. The van der Waals surface area contributed by atoms with E-state index in [4.69, 9.17) is 0 Å². The van der Waals surface area contributed by atoms with Gasteiger partial charge < -0.3 is 5.32 Å². The van der Waals surface area contributed by atoms with Gasteiger partial charge in [0, 0.05) is 18.8 Å². The minimum Gasteiger partial charge on any atom is -0.370 e. The van der Waals surface area contributed by atoms with Crippen molar-refractivity contribution in [2.45, 2.75) is 56.9 Å². The Morgan fingerprint density at radius 2 is 2.05 bits per heavy atom. The van der Waals surface area contributed by atoms with Gasteiger partial charge in [0.25, 0.3) is 0 Å². The Morgan fingerprint density at radius 1 is 1.33 bits per heavy atom. The molecule has 1 aliphatic rings. The highest BCUT2D eigenvalue weighted by Gasteiger charge is 2.26. The fraction of sp³-hybridized carbons (Fsp3) is 0.667. The quantitative estimate of drug-likeness (QED) is 0.812. The summed E-state index contributed by atoms with van der Waals surface area (Å²) in [6.07, 6.45) is 7.06. The van der Waals surface area contributed by atoms with Crippen LogP contribution < -0.4 is 10.0 Å². The fourth-order valence-electron chi connectivity index (χ4n) is 2.76. The Morgan fingerprint density at radius 3 is 2.62 bits per heavy atom. The molecule has 118 valence electrons. The van der Waals surface area contributed by atoms with Crippen LogP contribution in [0.4, 0.5) is 5.82 Å². The summed E-state index contributed by atoms with van der Waals surface area (Å²) in [4.78, 5) is 4.39. The molecule has 1 heterocycles. The zero-order valence-electron chi connectivity index (χ0n) is 12.8.